The van der Waals surface area contributed by atoms with Gasteiger partial charge in [-0.25, -0.2) is 0 Å². The van der Waals surface area contributed by atoms with E-state index in [4.69, 9.17) is 5.73 Å². The molecule has 0 radical (unpaired) electrons. The quantitative estimate of drug-likeness (QED) is 0.174. The lowest BCUT2D eigenvalue weighted by Gasteiger charge is -2.31. The molecule has 2 aromatic heterocycles. The first kappa shape index (κ1) is 30.9. The first-order valence-electron chi connectivity index (χ1n) is 15.5. The van der Waals surface area contributed by atoms with Crippen LogP contribution < -0.4 is 21.3 Å². The van der Waals surface area contributed by atoms with E-state index in [0.717, 1.165) is 65.7 Å². The zero-order chi connectivity index (χ0) is 32.0. The van der Waals surface area contributed by atoms with Crippen LogP contribution in [0.2, 0.25) is 0 Å². The third-order valence-electron chi connectivity index (χ3n) is 8.36. The van der Waals surface area contributed by atoms with Crippen molar-refractivity contribution in [3.05, 3.63) is 118 Å². The van der Waals surface area contributed by atoms with Gasteiger partial charge in [0.2, 0.25) is 5.91 Å². The number of aromatic nitrogens is 2. The molecule has 0 spiro atoms. The van der Waals surface area contributed by atoms with Crippen molar-refractivity contribution in [3.63, 3.8) is 0 Å². The van der Waals surface area contributed by atoms with Crippen LogP contribution in [0.5, 0.6) is 0 Å². The second-order valence-electron chi connectivity index (χ2n) is 11.7. The minimum Gasteiger partial charge on any atom is -0.395 e. The molecule has 1 fully saturated rings. The monoisotopic (exact) mass is 632 g/mol. The Morgan fingerprint density at radius 2 is 1.67 bits per heavy atom. The van der Waals surface area contributed by atoms with Crippen LogP contribution in [-0.2, 0) is 11.3 Å². The molecule has 0 bridgehead atoms. The summed E-state index contributed by atoms with van der Waals surface area (Å²) in [5, 5.41) is 6.87. The standard InChI is InChI=1S/C36H36N6O3S/c1-23-16-18-25(19-17-23)32(35(44)39-21-24-10-4-2-5-11-24)42(28-20-26-12-8-9-15-29(26)38-22-28)36(45)33-30(37)31(41-46-33)34(43)40-27-13-6-3-7-14-27/h2,4-5,8-12,15-20,22,27,32H,3,6-7,13-14,21,37H2,1H3,(H,39,44)(H,40,43). The average molecular weight is 633 g/mol. The Morgan fingerprint density at radius 1 is 0.957 bits per heavy atom. The summed E-state index contributed by atoms with van der Waals surface area (Å²) in [5.41, 5.74) is 10.2. The summed E-state index contributed by atoms with van der Waals surface area (Å²) >= 11 is 0.859. The van der Waals surface area contributed by atoms with E-state index in [1.165, 1.54) is 4.90 Å². The number of carbonyl (C=O) groups excluding carboxylic acids is 3. The first-order chi connectivity index (χ1) is 22.4. The summed E-state index contributed by atoms with van der Waals surface area (Å²) in [6.45, 7) is 2.23. The predicted molar refractivity (Wildman–Crippen MR) is 182 cm³/mol. The summed E-state index contributed by atoms with van der Waals surface area (Å²) in [5.74, 6) is -1.33. The van der Waals surface area contributed by atoms with Gasteiger partial charge in [-0.15, -0.1) is 0 Å². The molecule has 0 saturated heterocycles. The highest BCUT2D eigenvalue weighted by Crippen LogP contribution is 2.34. The molecule has 5 aromatic rings. The molecule has 1 unspecified atom stereocenters. The maximum absolute atomic E-state index is 14.7. The fourth-order valence-corrected chi connectivity index (χ4v) is 6.58. The summed E-state index contributed by atoms with van der Waals surface area (Å²) in [4.78, 5) is 48.2. The van der Waals surface area contributed by atoms with E-state index < -0.39 is 17.9 Å². The smallest absolute Gasteiger partial charge is 0.273 e. The Morgan fingerprint density at radius 3 is 2.43 bits per heavy atom. The van der Waals surface area contributed by atoms with Crippen LogP contribution >= 0.6 is 11.5 Å². The number of benzene rings is 3. The molecule has 46 heavy (non-hydrogen) atoms. The first-order valence-corrected chi connectivity index (χ1v) is 16.3. The molecule has 1 aliphatic rings. The van der Waals surface area contributed by atoms with Gasteiger partial charge in [0.1, 0.15) is 10.9 Å². The second-order valence-corrected chi connectivity index (χ2v) is 12.4. The molecule has 4 N–H and O–H groups in total. The number of anilines is 2. The summed E-state index contributed by atoms with van der Waals surface area (Å²) in [7, 11) is 0. The number of pyridine rings is 1. The molecule has 3 amide bonds. The molecule has 2 heterocycles. The Balaban J connectivity index is 1.41. The molecule has 10 heteroatoms. The molecule has 9 nitrogen and oxygen atoms in total. The van der Waals surface area contributed by atoms with Gasteiger partial charge in [-0.05, 0) is 54.6 Å². The number of nitrogen functional groups attached to an aromatic ring is 1. The lowest BCUT2D eigenvalue weighted by Crippen LogP contribution is -2.44. The number of hydrogen-bond acceptors (Lipinski definition) is 7. The number of aryl methyl sites for hydroxylation is 1. The molecular weight excluding hydrogens is 597 g/mol. The summed E-state index contributed by atoms with van der Waals surface area (Å²) in [6.07, 6.45) is 6.66. The van der Waals surface area contributed by atoms with Crippen molar-refractivity contribution < 1.29 is 14.4 Å². The SMILES string of the molecule is Cc1ccc(C(C(=O)NCc2ccccc2)N(C(=O)c2snc(C(=O)NC3CCCCC3)c2N)c2cnc3ccccc3c2)cc1. The van der Waals surface area contributed by atoms with E-state index >= 15 is 0 Å². The van der Waals surface area contributed by atoms with E-state index in [-0.39, 0.29) is 34.8 Å². The summed E-state index contributed by atoms with van der Waals surface area (Å²) in [6, 6.07) is 25.5. The Labute approximate surface area is 272 Å². The highest BCUT2D eigenvalue weighted by atomic mass is 32.1. The number of fused-ring (bicyclic) bond motifs is 1. The number of nitrogens with two attached hydrogens (primary N) is 1. The Bertz CT molecular complexity index is 1850. The third kappa shape index (κ3) is 6.77. The van der Waals surface area contributed by atoms with Crippen LogP contribution in [-0.4, -0.2) is 33.1 Å². The van der Waals surface area contributed by atoms with Crippen molar-refractivity contribution >= 4 is 51.5 Å². The average Bonchev–Trinajstić information content (AvgIpc) is 3.48. The van der Waals surface area contributed by atoms with Crippen LogP contribution in [0, 0.1) is 6.92 Å². The van der Waals surface area contributed by atoms with Gasteiger partial charge in [0, 0.05) is 18.0 Å². The lowest BCUT2D eigenvalue weighted by atomic mass is 9.95. The van der Waals surface area contributed by atoms with Gasteiger partial charge in [0.15, 0.2) is 5.69 Å². The molecule has 1 saturated carbocycles. The fourth-order valence-electron chi connectivity index (χ4n) is 5.85. The van der Waals surface area contributed by atoms with Gasteiger partial charge < -0.3 is 16.4 Å². The highest BCUT2D eigenvalue weighted by Gasteiger charge is 2.36. The van der Waals surface area contributed by atoms with Gasteiger partial charge in [-0.3, -0.25) is 24.3 Å². The normalized spacial score (nSPS) is 14.0. The second kappa shape index (κ2) is 13.9. The minimum atomic E-state index is -1.08. The van der Waals surface area contributed by atoms with Gasteiger partial charge in [-0.1, -0.05) is 97.6 Å². The van der Waals surface area contributed by atoms with E-state index in [2.05, 4.69) is 20.0 Å². The highest BCUT2D eigenvalue weighted by molar-refractivity contribution is 7.09. The number of nitrogens with one attached hydrogen (secondary N) is 2. The zero-order valence-electron chi connectivity index (χ0n) is 25.6. The number of nitrogens with zero attached hydrogens (tertiary/aromatic N) is 3. The van der Waals surface area contributed by atoms with Crippen LogP contribution in [0.1, 0.15) is 75.0 Å². The van der Waals surface area contributed by atoms with Crippen LogP contribution in [0.4, 0.5) is 11.4 Å². The maximum atomic E-state index is 14.7. The van der Waals surface area contributed by atoms with E-state index in [9.17, 15) is 14.4 Å². The van der Waals surface area contributed by atoms with Crippen LogP contribution in [0.3, 0.4) is 0 Å². The lowest BCUT2D eigenvalue weighted by molar-refractivity contribution is -0.122. The summed E-state index contributed by atoms with van der Waals surface area (Å²) < 4.78 is 4.33. The van der Waals surface area contributed by atoms with Crippen molar-refractivity contribution in [1.29, 1.82) is 0 Å². The van der Waals surface area contributed by atoms with Gasteiger partial charge in [-0.2, -0.15) is 4.37 Å². The molecule has 1 atom stereocenters. The van der Waals surface area contributed by atoms with Crippen molar-refractivity contribution in [2.45, 2.75) is 57.7 Å². The predicted octanol–water partition coefficient (Wildman–Crippen LogP) is 6.35. The number of carbonyl (C=O) groups is 3. The Kier molecular flexibility index (Phi) is 9.35. The number of hydrogen-bond donors (Lipinski definition) is 3. The van der Waals surface area contributed by atoms with E-state index in [1.54, 1.807) is 6.20 Å². The zero-order valence-corrected chi connectivity index (χ0v) is 26.4. The molecule has 0 aliphatic heterocycles. The van der Waals surface area contributed by atoms with Crippen molar-refractivity contribution in [3.8, 4) is 0 Å². The Hall–Kier alpha value is -5.09. The van der Waals surface area contributed by atoms with Gasteiger partial charge in [0.25, 0.3) is 11.8 Å². The third-order valence-corrected chi connectivity index (χ3v) is 9.21. The molecule has 1 aliphatic carbocycles. The van der Waals surface area contributed by atoms with Gasteiger partial charge >= 0.3 is 0 Å². The molecular formula is C36H36N6O3S. The van der Waals surface area contributed by atoms with E-state index in [0.29, 0.717) is 11.3 Å². The molecule has 6 rings (SSSR count). The minimum absolute atomic E-state index is 0.00518. The molecule has 234 valence electrons. The number of amides is 3. The molecule has 3 aromatic carbocycles. The van der Waals surface area contributed by atoms with Crippen molar-refractivity contribution in [2.24, 2.45) is 0 Å². The maximum Gasteiger partial charge on any atom is 0.273 e. The number of rotatable bonds is 9. The fraction of sp³-hybridized carbons (Fsp3) is 0.250. The largest absolute Gasteiger partial charge is 0.395 e. The number of para-hydroxylation sites is 1. The van der Waals surface area contributed by atoms with Crippen molar-refractivity contribution in [2.75, 3.05) is 10.6 Å². The topological polar surface area (TPSA) is 130 Å². The van der Waals surface area contributed by atoms with Crippen LogP contribution in [0.15, 0.2) is 91.1 Å². The van der Waals surface area contributed by atoms with Crippen molar-refractivity contribution in [1.82, 2.24) is 20.0 Å². The van der Waals surface area contributed by atoms with Crippen LogP contribution in [0.25, 0.3) is 10.9 Å². The van der Waals surface area contributed by atoms with Gasteiger partial charge in [0.05, 0.1) is 23.1 Å². The van der Waals surface area contributed by atoms with E-state index in [1.807, 2.05) is 91.9 Å².